The predicted molar refractivity (Wildman–Crippen MR) is 149 cm³/mol. The first-order chi connectivity index (χ1) is 17.2. The largest absolute Gasteiger partial charge is 0.508 e. The van der Waals surface area contributed by atoms with Gasteiger partial charge in [0.1, 0.15) is 17.0 Å². The van der Waals surface area contributed by atoms with Crippen LogP contribution in [-0.4, -0.2) is 19.5 Å². The van der Waals surface area contributed by atoms with Crippen molar-refractivity contribution in [2.24, 2.45) is 0 Å². The average molecular weight is 472 g/mol. The molecule has 0 aliphatic carbocycles. The van der Waals surface area contributed by atoms with Gasteiger partial charge >= 0.3 is 0 Å². The second-order valence-corrected chi connectivity index (χ2v) is 10.1. The van der Waals surface area contributed by atoms with Crippen LogP contribution in [0.1, 0.15) is 33.4 Å². The molecule has 4 heteroatoms. The van der Waals surface area contributed by atoms with Gasteiger partial charge in [-0.25, -0.2) is 9.97 Å². The molecule has 4 nitrogen and oxygen atoms in total. The molecule has 3 aromatic carbocycles. The number of aryl methyl sites for hydroxylation is 6. The lowest BCUT2D eigenvalue weighted by Crippen LogP contribution is -2.00. The number of aromatic nitrogens is 3. The number of fused-ring (bicyclic) bond motifs is 6. The zero-order valence-electron chi connectivity index (χ0n) is 21.6. The number of benzene rings is 3. The van der Waals surface area contributed by atoms with Crippen molar-refractivity contribution < 1.29 is 5.11 Å². The molecule has 178 valence electrons. The Labute approximate surface area is 210 Å². The molecule has 0 bridgehead atoms. The summed E-state index contributed by atoms with van der Waals surface area (Å²) in [4.78, 5) is 10.2. The minimum absolute atomic E-state index is 0.226. The first-order valence-electron chi connectivity index (χ1n) is 12.3. The van der Waals surface area contributed by atoms with E-state index in [9.17, 15) is 5.11 Å². The monoisotopic (exact) mass is 471 g/mol. The fourth-order valence-electron chi connectivity index (χ4n) is 6.06. The molecule has 0 saturated carbocycles. The summed E-state index contributed by atoms with van der Waals surface area (Å²) in [7, 11) is 0. The average Bonchev–Trinajstić information content (AvgIpc) is 3.18. The van der Waals surface area contributed by atoms with Gasteiger partial charge in [-0.3, -0.25) is 4.40 Å². The standard InChI is InChI=1S/C32H29N3O/c1-17-12-19(3)27(20(4)13-17)29-30(28-21(5)14-18(2)15-22(28)6)35-31-25(8-7-11-33-31)24-10-9-23(36)16-26(24)32(35)34-29/h7-16,36H,1-6H3. The molecule has 0 radical (unpaired) electrons. The minimum Gasteiger partial charge on any atom is -0.508 e. The third-order valence-corrected chi connectivity index (χ3v) is 7.24. The number of phenols is 1. The third-order valence-electron chi connectivity index (χ3n) is 7.24. The van der Waals surface area contributed by atoms with E-state index in [0.29, 0.717) is 0 Å². The fourth-order valence-corrected chi connectivity index (χ4v) is 6.06. The quantitative estimate of drug-likeness (QED) is 0.261. The van der Waals surface area contributed by atoms with Crippen LogP contribution < -0.4 is 0 Å². The van der Waals surface area contributed by atoms with Gasteiger partial charge < -0.3 is 5.11 Å². The minimum atomic E-state index is 0.226. The number of hydrogen-bond donors (Lipinski definition) is 1. The second-order valence-electron chi connectivity index (χ2n) is 10.1. The van der Waals surface area contributed by atoms with Crippen molar-refractivity contribution in [3.63, 3.8) is 0 Å². The van der Waals surface area contributed by atoms with Crippen molar-refractivity contribution in [2.75, 3.05) is 0 Å². The van der Waals surface area contributed by atoms with Gasteiger partial charge in [0.25, 0.3) is 0 Å². The van der Waals surface area contributed by atoms with Crippen LogP contribution in [0.5, 0.6) is 5.75 Å². The van der Waals surface area contributed by atoms with Gasteiger partial charge in [0, 0.05) is 28.1 Å². The molecular formula is C32H29N3O. The Morgan fingerprint density at radius 1 is 0.639 bits per heavy atom. The van der Waals surface area contributed by atoms with E-state index in [1.165, 1.54) is 38.9 Å². The lowest BCUT2D eigenvalue weighted by atomic mass is 9.91. The number of aromatic hydroxyl groups is 1. The summed E-state index contributed by atoms with van der Waals surface area (Å²) >= 11 is 0. The highest BCUT2D eigenvalue weighted by Gasteiger charge is 2.25. The number of imidazole rings is 1. The number of phenolic OH excluding ortho intramolecular Hbond substituents is 1. The SMILES string of the molecule is Cc1cc(C)c(-c2nc3c4cc(O)ccc4c4cccnc4n3c2-c2c(C)cc(C)cc2C)c(C)c1. The molecular weight excluding hydrogens is 442 g/mol. The van der Waals surface area contributed by atoms with E-state index in [-0.39, 0.29) is 5.75 Å². The molecule has 36 heavy (non-hydrogen) atoms. The van der Waals surface area contributed by atoms with E-state index in [1.54, 1.807) is 6.07 Å². The van der Waals surface area contributed by atoms with Crippen LogP contribution in [-0.2, 0) is 0 Å². The van der Waals surface area contributed by atoms with Gasteiger partial charge in [-0.1, -0.05) is 35.4 Å². The van der Waals surface area contributed by atoms with Gasteiger partial charge in [-0.05, 0) is 99.5 Å². The van der Waals surface area contributed by atoms with Crippen LogP contribution in [0.25, 0.3) is 50.0 Å². The van der Waals surface area contributed by atoms with Gasteiger partial charge in [0.15, 0.2) is 0 Å². The second kappa shape index (κ2) is 7.92. The molecule has 0 aliphatic rings. The smallest absolute Gasteiger partial charge is 0.147 e. The summed E-state index contributed by atoms with van der Waals surface area (Å²) in [5.74, 6) is 0.226. The summed E-state index contributed by atoms with van der Waals surface area (Å²) in [6.07, 6.45) is 1.84. The van der Waals surface area contributed by atoms with Gasteiger partial charge in [0.05, 0.1) is 11.4 Å². The van der Waals surface area contributed by atoms with E-state index >= 15 is 0 Å². The van der Waals surface area contributed by atoms with E-state index < -0.39 is 0 Å². The first-order valence-corrected chi connectivity index (χ1v) is 12.3. The topological polar surface area (TPSA) is 50.4 Å². The molecule has 0 aliphatic heterocycles. The molecule has 0 fully saturated rings. The Kier molecular flexibility index (Phi) is 4.91. The molecule has 1 N–H and O–H groups in total. The maximum absolute atomic E-state index is 10.5. The van der Waals surface area contributed by atoms with Crippen molar-refractivity contribution in [2.45, 2.75) is 41.5 Å². The van der Waals surface area contributed by atoms with E-state index in [0.717, 1.165) is 44.4 Å². The number of hydrogen-bond acceptors (Lipinski definition) is 3. The van der Waals surface area contributed by atoms with Crippen molar-refractivity contribution in [3.05, 3.63) is 94.2 Å². The summed E-state index contributed by atoms with van der Waals surface area (Å²) in [6, 6.07) is 18.5. The molecule has 6 rings (SSSR count). The predicted octanol–water partition coefficient (Wildman–Crippen LogP) is 7.93. The van der Waals surface area contributed by atoms with Crippen LogP contribution in [0, 0.1) is 41.5 Å². The lowest BCUT2D eigenvalue weighted by molar-refractivity contribution is 0.476. The van der Waals surface area contributed by atoms with Crippen LogP contribution in [0.15, 0.2) is 60.8 Å². The molecule has 6 aromatic rings. The lowest BCUT2D eigenvalue weighted by Gasteiger charge is -2.17. The molecule has 0 spiro atoms. The summed E-state index contributed by atoms with van der Waals surface area (Å²) < 4.78 is 2.20. The zero-order valence-corrected chi connectivity index (χ0v) is 21.6. The highest BCUT2D eigenvalue weighted by atomic mass is 16.3. The summed E-state index contributed by atoms with van der Waals surface area (Å²) in [5.41, 5.74) is 13.3. The van der Waals surface area contributed by atoms with Crippen molar-refractivity contribution in [1.29, 1.82) is 0 Å². The number of nitrogens with zero attached hydrogens (tertiary/aromatic N) is 3. The normalized spacial score (nSPS) is 11.7. The van der Waals surface area contributed by atoms with Crippen molar-refractivity contribution in [3.8, 4) is 28.3 Å². The molecule has 0 amide bonds. The third kappa shape index (κ3) is 3.21. The van der Waals surface area contributed by atoms with Crippen LogP contribution >= 0.6 is 0 Å². The van der Waals surface area contributed by atoms with Crippen LogP contribution in [0.2, 0.25) is 0 Å². The van der Waals surface area contributed by atoms with Gasteiger partial charge in [-0.2, -0.15) is 0 Å². The highest BCUT2D eigenvalue weighted by Crippen LogP contribution is 2.43. The fraction of sp³-hybridized carbons (Fsp3) is 0.188. The van der Waals surface area contributed by atoms with Crippen LogP contribution in [0.4, 0.5) is 0 Å². The van der Waals surface area contributed by atoms with E-state index in [1.807, 2.05) is 24.4 Å². The Balaban J connectivity index is 1.93. The number of rotatable bonds is 2. The molecule has 3 heterocycles. The molecule has 0 saturated heterocycles. The Hall–Kier alpha value is -4.18. The number of pyridine rings is 2. The highest BCUT2D eigenvalue weighted by molar-refractivity contribution is 6.12. The van der Waals surface area contributed by atoms with Gasteiger partial charge in [-0.15, -0.1) is 0 Å². The summed E-state index contributed by atoms with van der Waals surface area (Å²) in [5, 5.41) is 13.4. The van der Waals surface area contributed by atoms with Gasteiger partial charge in [0.2, 0.25) is 0 Å². The van der Waals surface area contributed by atoms with E-state index in [4.69, 9.17) is 9.97 Å². The molecule has 3 aromatic heterocycles. The van der Waals surface area contributed by atoms with Crippen LogP contribution in [0.3, 0.4) is 0 Å². The Morgan fingerprint density at radius 2 is 1.25 bits per heavy atom. The molecule has 0 atom stereocenters. The maximum Gasteiger partial charge on any atom is 0.147 e. The Morgan fingerprint density at radius 3 is 1.89 bits per heavy atom. The van der Waals surface area contributed by atoms with E-state index in [2.05, 4.69) is 76.3 Å². The first kappa shape index (κ1) is 22.3. The van der Waals surface area contributed by atoms with Crippen molar-refractivity contribution in [1.82, 2.24) is 14.4 Å². The summed E-state index contributed by atoms with van der Waals surface area (Å²) in [6.45, 7) is 13.0. The molecule has 0 unspecified atom stereocenters. The van der Waals surface area contributed by atoms with Crippen molar-refractivity contribution >= 4 is 27.5 Å². The zero-order chi connectivity index (χ0) is 25.3. The maximum atomic E-state index is 10.5. The Bertz CT molecular complexity index is 1810.